The highest BCUT2D eigenvalue weighted by Gasteiger charge is 2.17. The van der Waals surface area contributed by atoms with Crippen molar-refractivity contribution in [1.29, 1.82) is 0 Å². The lowest BCUT2D eigenvalue weighted by atomic mass is 10.1. The van der Waals surface area contributed by atoms with Gasteiger partial charge in [-0.15, -0.1) is 0 Å². The topological polar surface area (TPSA) is 86.5 Å². The number of primary amides is 1. The van der Waals surface area contributed by atoms with Gasteiger partial charge in [-0.25, -0.2) is 0 Å². The number of carbonyl (C=O) groups excluding carboxylic acids is 2. The Labute approximate surface area is 112 Å². The molecule has 0 aliphatic rings. The molecule has 6 heteroatoms. The van der Waals surface area contributed by atoms with Gasteiger partial charge in [0, 0.05) is 30.4 Å². The van der Waals surface area contributed by atoms with Crippen LogP contribution in [0.4, 0.5) is 0 Å². The lowest BCUT2D eigenvalue weighted by Gasteiger charge is -2.11. The fourth-order valence-electron chi connectivity index (χ4n) is 1.61. The van der Waals surface area contributed by atoms with Gasteiger partial charge in [-0.1, -0.05) is 12.1 Å². The molecule has 1 amide bonds. The van der Waals surface area contributed by atoms with Gasteiger partial charge in [0.1, 0.15) is 0 Å². The molecule has 0 aliphatic heterocycles. The molecule has 0 heterocycles. The summed E-state index contributed by atoms with van der Waals surface area (Å²) in [5, 5.41) is 0. The first-order valence-corrected chi connectivity index (χ1v) is 8.25. The quantitative estimate of drug-likeness (QED) is 0.614. The first kappa shape index (κ1) is 15.6. The van der Waals surface area contributed by atoms with Gasteiger partial charge in [-0.05, 0) is 19.1 Å². The van der Waals surface area contributed by atoms with Crippen LogP contribution in [-0.4, -0.2) is 31.1 Å². The van der Waals surface area contributed by atoms with E-state index in [-0.39, 0.29) is 18.4 Å². The summed E-state index contributed by atoms with van der Waals surface area (Å²) in [5.74, 6) is -0.661. The van der Waals surface area contributed by atoms with E-state index in [1.54, 1.807) is 19.1 Å². The fourth-order valence-corrected chi connectivity index (χ4v) is 2.89. The van der Waals surface area contributed by atoms with Gasteiger partial charge in [-0.2, -0.15) is 0 Å². The number of hydrogen-bond acceptors (Lipinski definition) is 4. The van der Waals surface area contributed by atoms with Crippen LogP contribution in [0.1, 0.15) is 34.1 Å². The summed E-state index contributed by atoms with van der Waals surface area (Å²) >= 11 is 0. The van der Waals surface area contributed by atoms with E-state index in [9.17, 15) is 14.2 Å². The molecular weight excluding hydrogens is 265 g/mol. The molecule has 1 aromatic rings. The normalized spacial score (nSPS) is 13.8. The molecule has 0 spiro atoms. The highest BCUT2D eigenvalue weighted by Crippen LogP contribution is 2.42. The van der Waals surface area contributed by atoms with Crippen LogP contribution in [0.2, 0.25) is 0 Å². The van der Waals surface area contributed by atoms with Crippen molar-refractivity contribution in [1.82, 2.24) is 0 Å². The van der Waals surface area contributed by atoms with Crippen molar-refractivity contribution in [2.24, 2.45) is 5.73 Å². The molecule has 0 saturated carbocycles. The zero-order chi connectivity index (χ0) is 14.5. The minimum absolute atomic E-state index is 0.127. The SMILES string of the molecule is CCOP(C)(=O)CCC(=O)c1ccc(C(N)=O)cc1. The average Bonchev–Trinajstić information content (AvgIpc) is 2.36. The molecular formula is C13H18NO4P. The first-order chi connectivity index (χ1) is 8.85. The van der Waals surface area contributed by atoms with Crippen LogP contribution in [0.25, 0.3) is 0 Å². The highest BCUT2D eigenvalue weighted by molar-refractivity contribution is 7.58. The van der Waals surface area contributed by atoms with E-state index in [1.807, 2.05) is 0 Å². The predicted octanol–water partition coefficient (Wildman–Crippen LogP) is 2.30. The molecule has 0 aromatic heterocycles. The van der Waals surface area contributed by atoms with Gasteiger partial charge < -0.3 is 10.3 Å². The number of nitrogens with two attached hydrogens (primary N) is 1. The standard InChI is InChI=1S/C13H18NO4P/c1-3-18-19(2,17)9-8-12(15)10-4-6-11(7-5-10)13(14)16/h4-7H,3,8-9H2,1-2H3,(H2,14,16). The molecule has 1 rings (SSSR count). The van der Waals surface area contributed by atoms with Crippen molar-refractivity contribution in [2.75, 3.05) is 19.4 Å². The van der Waals surface area contributed by atoms with Crippen LogP contribution in [0.3, 0.4) is 0 Å². The predicted molar refractivity (Wildman–Crippen MR) is 73.9 cm³/mol. The first-order valence-electron chi connectivity index (χ1n) is 6.00. The summed E-state index contributed by atoms with van der Waals surface area (Å²) in [7, 11) is -2.69. The Kier molecular flexibility index (Phi) is 5.45. The molecule has 0 fully saturated rings. The monoisotopic (exact) mass is 283 g/mol. The summed E-state index contributed by atoms with van der Waals surface area (Å²) in [6.07, 6.45) is 0.376. The van der Waals surface area contributed by atoms with Crippen molar-refractivity contribution in [3.8, 4) is 0 Å². The molecule has 0 bridgehead atoms. The molecule has 104 valence electrons. The lowest BCUT2D eigenvalue weighted by Crippen LogP contribution is -2.11. The third-order valence-corrected chi connectivity index (χ3v) is 4.48. The number of amides is 1. The maximum Gasteiger partial charge on any atom is 0.248 e. The largest absolute Gasteiger partial charge is 0.366 e. The second-order valence-electron chi connectivity index (χ2n) is 4.27. The van der Waals surface area contributed by atoms with E-state index < -0.39 is 13.3 Å². The van der Waals surface area contributed by atoms with E-state index in [1.165, 1.54) is 18.8 Å². The van der Waals surface area contributed by atoms with Crippen LogP contribution in [-0.2, 0) is 9.09 Å². The van der Waals surface area contributed by atoms with Gasteiger partial charge in [0.15, 0.2) is 5.78 Å². The summed E-state index contributed by atoms with van der Waals surface area (Å²) in [6.45, 7) is 3.66. The van der Waals surface area contributed by atoms with E-state index in [2.05, 4.69) is 0 Å². The number of ketones is 1. The Bertz CT molecular complexity index is 510. The van der Waals surface area contributed by atoms with Crippen molar-refractivity contribution < 1.29 is 18.7 Å². The molecule has 5 nitrogen and oxygen atoms in total. The molecule has 1 atom stereocenters. The van der Waals surface area contributed by atoms with E-state index >= 15 is 0 Å². The Balaban J connectivity index is 2.64. The Hall–Kier alpha value is -1.45. The lowest BCUT2D eigenvalue weighted by molar-refractivity contribution is 0.0981. The fraction of sp³-hybridized carbons (Fsp3) is 0.385. The van der Waals surface area contributed by atoms with Gasteiger partial charge in [-0.3, -0.25) is 14.2 Å². The number of benzene rings is 1. The maximum absolute atomic E-state index is 11.9. The number of Topliss-reactive ketones (excluding diaryl/α,β-unsaturated/α-hetero) is 1. The van der Waals surface area contributed by atoms with Crippen molar-refractivity contribution >= 4 is 19.1 Å². The summed E-state index contributed by atoms with van der Waals surface area (Å²) in [5.41, 5.74) is 5.94. The number of hydrogen-bond donors (Lipinski definition) is 1. The third kappa shape index (κ3) is 4.97. The number of carbonyl (C=O) groups is 2. The molecule has 0 radical (unpaired) electrons. The van der Waals surface area contributed by atoms with Crippen molar-refractivity contribution in [3.05, 3.63) is 35.4 Å². The van der Waals surface area contributed by atoms with Crippen LogP contribution in [0.5, 0.6) is 0 Å². The molecule has 0 aliphatic carbocycles. The maximum atomic E-state index is 11.9. The summed E-state index contributed by atoms with van der Waals surface area (Å²) in [4.78, 5) is 22.8. The van der Waals surface area contributed by atoms with Crippen LogP contribution >= 0.6 is 7.37 Å². The zero-order valence-corrected chi connectivity index (χ0v) is 12.0. The van der Waals surface area contributed by atoms with Gasteiger partial charge >= 0.3 is 0 Å². The van der Waals surface area contributed by atoms with Crippen LogP contribution in [0, 0.1) is 0 Å². The van der Waals surface area contributed by atoms with Gasteiger partial charge in [0.25, 0.3) is 0 Å². The Morgan fingerprint density at radius 3 is 2.21 bits per heavy atom. The van der Waals surface area contributed by atoms with Crippen LogP contribution < -0.4 is 5.73 Å². The zero-order valence-electron chi connectivity index (χ0n) is 11.1. The summed E-state index contributed by atoms with van der Waals surface area (Å²) in [6, 6.07) is 6.10. The molecule has 1 unspecified atom stereocenters. The minimum Gasteiger partial charge on any atom is -0.366 e. The van der Waals surface area contributed by atoms with Crippen molar-refractivity contribution in [3.63, 3.8) is 0 Å². The minimum atomic E-state index is -2.69. The molecule has 1 aromatic carbocycles. The van der Waals surface area contributed by atoms with Crippen LogP contribution in [0.15, 0.2) is 24.3 Å². The van der Waals surface area contributed by atoms with Crippen molar-refractivity contribution in [2.45, 2.75) is 13.3 Å². The Morgan fingerprint density at radius 1 is 1.21 bits per heavy atom. The van der Waals surface area contributed by atoms with E-state index in [0.717, 1.165) is 0 Å². The number of rotatable bonds is 7. The second-order valence-corrected chi connectivity index (χ2v) is 7.00. The highest BCUT2D eigenvalue weighted by atomic mass is 31.2. The molecule has 0 saturated heterocycles. The third-order valence-electron chi connectivity index (χ3n) is 2.64. The van der Waals surface area contributed by atoms with Gasteiger partial charge in [0.2, 0.25) is 13.3 Å². The second kappa shape index (κ2) is 6.64. The summed E-state index contributed by atoms with van der Waals surface area (Å²) < 4.78 is 17.0. The smallest absolute Gasteiger partial charge is 0.248 e. The Morgan fingerprint density at radius 2 is 1.74 bits per heavy atom. The average molecular weight is 283 g/mol. The molecule has 2 N–H and O–H groups in total. The van der Waals surface area contributed by atoms with Gasteiger partial charge in [0.05, 0.1) is 6.61 Å². The van der Waals surface area contributed by atoms with E-state index in [0.29, 0.717) is 17.7 Å². The molecule has 19 heavy (non-hydrogen) atoms. The van der Waals surface area contributed by atoms with E-state index in [4.69, 9.17) is 10.3 Å².